The zero-order valence-corrected chi connectivity index (χ0v) is 13.4. The molecule has 0 spiro atoms. The molecule has 1 aromatic heterocycles. The number of halogens is 1. The first-order valence-corrected chi connectivity index (χ1v) is 7.28. The molecule has 0 bridgehead atoms. The third-order valence-electron chi connectivity index (χ3n) is 2.95. The number of primary amides is 1. The highest BCUT2D eigenvalue weighted by molar-refractivity contribution is 6.32. The van der Waals surface area contributed by atoms with Crippen molar-refractivity contribution in [2.75, 3.05) is 5.32 Å². The predicted molar refractivity (Wildman–Crippen MR) is 87.7 cm³/mol. The first-order chi connectivity index (χ1) is 10.9. The molecule has 3 N–H and O–H groups in total. The number of pyridine rings is 1. The predicted octanol–water partition coefficient (Wildman–Crippen LogP) is 3.22. The van der Waals surface area contributed by atoms with Crippen molar-refractivity contribution in [2.45, 2.75) is 13.8 Å². The lowest BCUT2D eigenvalue weighted by Crippen LogP contribution is -2.17. The summed E-state index contributed by atoms with van der Waals surface area (Å²) in [6, 6.07) is 8.16. The minimum absolute atomic E-state index is 0.0644. The van der Waals surface area contributed by atoms with Crippen LogP contribution in [0.3, 0.4) is 0 Å². The summed E-state index contributed by atoms with van der Waals surface area (Å²) in [4.78, 5) is 26.6. The van der Waals surface area contributed by atoms with Crippen molar-refractivity contribution in [3.63, 3.8) is 0 Å². The van der Waals surface area contributed by atoms with E-state index in [-0.39, 0.29) is 28.3 Å². The maximum Gasteiger partial charge on any atom is 0.250 e. The molecular formula is C16H16ClN3O3. The molecule has 1 heterocycles. The van der Waals surface area contributed by atoms with Gasteiger partial charge in [0.2, 0.25) is 17.7 Å². The van der Waals surface area contributed by atoms with Crippen LogP contribution in [0.1, 0.15) is 24.2 Å². The summed E-state index contributed by atoms with van der Waals surface area (Å²) < 4.78 is 5.54. The van der Waals surface area contributed by atoms with Gasteiger partial charge in [-0.15, -0.1) is 0 Å². The van der Waals surface area contributed by atoms with Crippen molar-refractivity contribution < 1.29 is 14.3 Å². The molecule has 6 nitrogen and oxygen atoms in total. The Morgan fingerprint density at radius 3 is 2.43 bits per heavy atom. The molecule has 0 aliphatic rings. The average molecular weight is 334 g/mol. The van der Waals surface area contributed by atoms with E-state index in [9.17, 15) is 9.59 Å². The molecule has 23 heavy (non-hydrogen) atoms. The molecule has 1 aromatic carbocycles. The summed E-state index contributed by atoms with van der Waals surface area (Å²) in [5.41, 5.74) is 6.02. The highest BCUT2D eigenvalue weighted by Gasteiger charge is 2.10. The van der Waals surface area contributed by atoms with Gasteiger partial charge in [0.15, 0.2) is 0 Å². The second-order valence-corrected chi connectivity index (χ2v) is 5.55. The Morgan fingerprint density at radius 2 is 1.91 bits per heavy atom. The zero-order valence-electron chi connectivity index (χ0n) is 12.7. The standard InChI is InChI=1S/C16H16ClN3O3/c1-9(2)15(22)20-11-3-5-12(6-4-11)23-16-13(17)7-10(8-19-16)14(18)21/h3-9H,1-2H3,(H2,18,21)(H,20,22). The molecule has 2 aromatic rings. The van der Waals surface area contributed by atoms with Crippen LogP contribution in [0.2, 0.25) is 5.02 Å². The number of anilines is 1. The molecule has 0 fully saturated rings. The Hall–Kier alpha value is -2.60. The van der Waals surface area contributed by atoms with Gasteiger partial charge in [0, 0.05) is 17.8 Å². The van der Waals surface area contributed by atoms with Gasteiger partial charge in [-0.25, -0.2) is 4.98 Å². The topological polar surface area (TPSA) is 94.3 Å². The molecule has 0 radical (unpaired) electrons. The first kappa shape index (κ1) is 16.8. The highest BCUT2D eigenvalue weighted by Crippen LogP contribution is 2.28. The Morgan fingerprint density at radius 1 is 1.26 bits per heavy atom. The van der Waals surface area contributed by atoms with E-state index in [1.807, 2.05) is 13.8 Å². The van der Waals surface area contributed by atoms with Gasteiger partial charge in [0.1, 0.15) is 10.8 Å². The lowest BCUT2D eigenvalue weighted by molar-refractivity contribution is -0.118. The molecule has 0 aliphatic heterocycles. The lowest BCUT2D eigenvalue weighted by Gasteiger charge is -2.10. The zero-order chi connectivity index (χ0) is 17.0. The summed E-state index contributed by atoms with van der Waals surface area (Å²) in [6.07, 6.45) is 1.29. The van der Waals surface area contributed by atoms with Gasteiger partial charge in [-0.1, -0.05) is 25.4 Å². The van der Waals surface area contributed by atoms with Crippen LogP contribution in [0.4, 0.5) is 5.69 Å². The fraction of sp³-hybridized carbons (Fsp3) is 0.188. The largest absolute Gasteiger partial charge is 0.438 e. The van der Waals surface area contributed by atoms with Crippen LogP contribution < -0.4 is 15.8 Å². The van der Waals surface area contributed by atoms with Crippen LogP contribution in [0.25, 0.3) is 0 Å². The van der Waals surface area contributed by atoms with E-state index in [2.05, 4.69) is 10.3 Å². The number of hydrogen-bond acceptors (Lipinski definition) is 4. The van der Waals surface area contributed by atoms with Gasteiger partial charge < -0.3 is 15.8 Å². The van der Waals surface area contributed by atoms with Crippen LogP contribution in [0, 0.1) is 5.92 Å². The molecule has 2 amide bonds. The van der Waals surface area contributed by atoms with Crippen LogP contribution in [0.15, 0.2) is 36.5 Å². The number of nitrogens with zero attached hydrogens (tertiary/aromatic N) is 1. The summed E-state index contributed by atoms with van der Waals surface area (Å²) in [5.74, 6) is -0.122. The van der Waals surface area contributed by atoms with Gasteiger partial charge in [-0.3, -0.25) is 9.59 Å². The first-order valence-electron chi connectivity index (χ1n) is 6.91. The van der Waals surface area contributed by atoms with Crippen LogP contribution in [-0.4, -0.2) is 16.8 Å². The number of ether oxygens (including phenoxy) is 1. The van der Waals surface area contributed by atoms with Gasteiger partial charge in [-0.2, -0.15) is 0 Å². The number of rotatable bonds is 5. The fourth-order valence-electron chi connectivity index (χ4n) is 1.64. The van der Waals surface area contributed by atoms with E-state index in [1.165, 1.54) is 12.3 Å². The van der Waals surface area contributed by atoms with Gasteiger partial charge in [-0.05, 0) is 30.3 Å². The minimum atomic E-state index is -0.615. The number of hydrogen-bond donors (Lipinski definition) is 2. The molecule has 0 atom stereocenters. The summed E-state index contributed by atoms with van der Waals surface area (Å²) >= 11 is 6.01. The number of nitrogens with two attached hydrogens (primary N) is 1. The van der Waals surface area contributed by atoms with Crippen molar-refractivity contribution in [3.8, 4) is 11.6 Å². The fourth-order valence-corrected chi connectivity index (χ4v) is 1.84. The summed E-state index contributed by atoms with van der Waals surface area (Å²) in [6.45, 7) is 3.63. The third kappa shape index (κ3) is 4.43. The SMILES string of the molecule is CC(C)C(=O)Nc1ccc(Oc2ncc(C(N)=O)cc2Cl)cc1. The number of carbonyl (C=O) groups excluding carboxylic acids is 2. The van der Waals surface area contributed by atoms with E-state index in [1.54, 1.807) is 24.3 Å². The molecule has 2 rings (SSSR count). The van der Waals surface area contributed by atoms with Gasteiger partial charge in [0.05, 0.1) is 5.56 Å². The molecule has 0 aliphatic carbocycles. The van der Waals surface area contributed by atoms with Crippen molar-refractivity contribution in [3.05, 3.63) is 47.1 Å². The quantitative estimate of drug-likeness (QED) is 0.878. The van der Waals surface area contributed by atoms with Crippen LogP contribution in [-0.2, 0) is 4.79 Å². The molecule has 0 unspecified atom stereocenters. The summed E-state index contributed by atoms with van der Waals surface area (Å²) in [7, 11) is 0. The Labute approximate surface area is 138 Å². The lowest BCUT2D eigenvalue weighted by atomic mass is 10.2. The van der Waals surface area contributed by atoms with E-state index in [4.69, 9.17) is 22.1 Å². The summed E-state index contributed by atoms with van der Waals surface area (Å²) in [5, 5.41) is 2.96. The van der Waals surface area contributed by atoms with Crippen molar-refractivity contribution in [1.82, 2.24) is 4.98 Å². The third-order valence-corrected chi connectivity index (χ3v) is 3.22. The van der Waals surface area contributed by atoms with Crippen LogP contribution in [0.5, 0.6) is 11.6 Å². The number of carbonyl (C=O) groups is 2. The van der Waals surface area contributed by atoms with E-state index < -0.39 is 5.91 Å². The molecule has 0 saturated heterocycles. The maximum absolute atomic E-state index is 11.6. The Balaban J connectivity index is 2.09. The van der Waals surface area contributed by atoms with Crippen molar-refractivity contribution in [1.29, 1.82) is 0 Å². The van der Waals surface area contributed by atoms with Gasteiger partial charge in [0.25, 0.3) is 0 Å². The van der Waals surface area contributed by atoms with Crippen LogP contribution >= 0.6 is 11.6 Å². The van der Waals surface area contributed by atoms with E-state index in [0.29, 0.717) is 11.4 Å². The Kier molecular flexibility index (Phi) is 5.18. The minimum Gasteiger partial charge on any atom is -0.438 e. The molecule has 7 heteroatoms. The number of amides is 2. The van der Waals surface area contributed by atoms with Gasteiger partial charge >= 0.3 is 0 Å². The molecule has 0 saturated carbocycles. The smallest absolute Gasteiger partial charge is 0.250 e. The van der Waals surface area contributed by atoms with E-state index in [0.717, 1.165) is 0 Å². The highest BCUT2D eigenvalue weighted by atomic mass is 35.5. The number of benzene rings is 1. The molecular weight excluding hydrogens is 318 g/mol. The molecule has 120 valence electrons. The second kappa shape index (κ2) is 7.11. The number of nitrogens with one attached hydrogen (secondary N) is 1. The van der Waals surface area contributed by atoms with E-state index >= 15 is 0 Å². The van der Waals surface area contributed by atoms with Crippen molar-refractivity contribution in [2.24, 2.45) is 11.7 Å². The second-order valence-electron chi connectivity index (χ2n) is 5.15. The number of aromatic nitrogens is 1. The Bertz CT molecular complexity index is 730. The monoisotopic (exact) mass is 333 g/mol. The average Bonchev–Trinajstić information content (AvgIpc) is 2.50. The normalized spacial score (nSPS) is 10.4. The maximum atomic E-state index is 11.6. The van der Waals surface area contributed by atoms with Crippen molar-refractivity contribution >= 4 is 29.1 Å².